The van der Waals surface area contributed by atoms with Gasteiger partial charge in [-0.3, -0.25) is 0 Å². The lowest BCUT2D eigenvalue weighted by Crippen LogP contribution is -2.15. The van der Waals surface area contributed by atoms with E-state index < -0.39 is 0 Å². The fraction of sp³-hybridized carbons (Fsp3) is 0.385. The van der Waals surface area contributed by atoms with E-state index in [9.17, 15) is 0 Å². The topological polar surface area (TPSA) is 35.2 Å². The molecule has 15 heavy (non-hydrogen) atoms. The predicted octanol–water partition coefficient (Wildman–Crippen LogP) is 2.17. The first kappa shape index (κ1) is 11.6. The summed E-state index contributed by atoms with van der Waals surface area (Å²) in [6, 6.07) is 7.70. The van der Waals surface area contributed by atoms with Crippen molar-refractivity contribution in [3.8, 4) is 17.6 Å². The van der Waals surface area contributed by atoms with Gasteiger partial charge >= 0.3 is 0 Å². The van der Waals surface area contributed by atoms with Crippen molar-refractivity contribution in [1.82, 2.24) is 0 Å². The second kappa shape index (κ2) is 6.10. The van der Waals surface area contributed by atoms with Gasteiger partial charge in [0.05, 0.1) is 12.6 Å². The number of nitrogens with two attached hydrogens (primary N) is 1. The molecule has 0 radical (unpaired) electrons. The summed E-state index contributed by atoms with van der Waals surface area (Å²) in [7, 11) is 0. The summed E-state index contributed by atoms with van der Waals surface area (Å²) in [6.45, 7) is 4.68. The lowest BCUT2D eigenvalue weighted by molar-refractivity contribution is 0.340. The molecule has 0 amide bonds. The highest BCUT2D eigenvalue weighted by atomic mass is 16.5. The molecule has 0 bridgehead atoms. The van der Waals surface area contributed by atoms with Crippen LogP contribution in [0.4, 0.5) is 0 Å². The van der Waals surface area contributed by atoms with E-state index in [1.54, 1.807) is 0 Å². The highest BCUT2D eigenvalue weighted by molar-refractivity contribution is 5.38. The third-order valence-electron chi connectivity index (χ3n) is 2.01. The Morgan fingerprint density at radius 1 is 1.27 bits per heavy atom. The monoisotopic (exact) mass is 203 g/mol. The van der Waals surface area contributed by atoms with Gasteiger partial charge in [-0.2, -0.15) is 0 Å². The minimum absolute atomic E-state index is 0.0310. The Morgan fingerprint density at radius 3 is 2.47 bits per heavy atom. The van der Waals surface area contributed by atoms with Crippen molar-refractivity contribution < 1.29 is 4.74 Å². The van der Waals surface area contributed by atoms with Gasteiger partial charge in [0.15, 0.2) is 0 Å². The fourth-order valence-corrected chi connectivity index (χ4v) is 1.08. The van der Waals surface area contributed by atoms with Gasteiger partial charge in [0.25, 0.3) is 0 Å². The van der Waals surface area contributed by atoms with Crippen molar-refractivity contribution in [3.63, 3.8) is 0 Å². The zero-order valence-corrected chi connectivity index (χ0v) is 9.29. The minimum Gasteiger partial charge on any atom is -0.494 e. The fourth-order valence-electron chi connectivity index (χ4n) is 1.08. The van der Waals surface area contributed by atoms with E-state index in [1.165, 1.54) is 0 Å². The number of rotatable bonds is 3. The highest BCUT2D eigenvalue weighted by Gasteiger charge is 1.92. The molecular weight excluding hydrogens is 186 g/mol. The summed E-state index contributed by atoms with van der Waals surface area (Å²) in [6.07, 6.45) is 0.879. The molecule has 0 saturated carbocycles. The van der Waals surface area contributed by atoms with Crippen molar-refractivity contribution >= 4 is 0 Å². The zero-order valence-electron chi connectivity index (χ0n) is 9.29. The van der Waals surface area contributed by atoms with Crippen molar-refractivity contribution in [2.75, 3.05) is 6.61 Å². The van der Waals surface area contributed by atoms with Crippen LogP contribution < -0.4 is 10.5 Å². The van der Waals surface area contributed by atoms with Crippen LogP contribution in [0.15, 0.2) is 24.3 Å². The summed E-state index contributed by atoms with van der Waals surface area (Å²) >= 11 is 0. The third kappa shape index (κ3) is 4.05. The Labute approximate surface area is 91.4 Å². The normalized spacial score (nSPS) is 11.4. The molecule has 0 saturated heterocycles. The van der Waals surface area contributed by atoms with Gasteiger partial charge in [0.2, 0.25) is 0 Å². The van der Waals surface area contributed by atoms with E-state index in [4.69, 9.17) is 10.5 Å². The first-order valence-electron chi connectivity index (χ1n) is 5.26. The van der Waals surface area contributed by atoms with E-state index in [0.717, 1.165) is 17.7 Å². The molecule has 0 fully saturated rings. The maximum Gasteiger partial charge on any atom is 0.119 e. The predicted molar refractivity (Wildman–Crippen MR) is 62.8 cm³/mol. The Hall–Kier alpha value is -1.46. The smallest absolute Gasteiger partial charge is 0.119 e. The maximum absolute atomic E-state index is 5.70. The molecule has 1 rings (SSSR count). The molecule has 0 aliphatic rings. The summed E-state index contributed by atoms with van der Waals surface area (Å²) in [5.41, 5.74) is 6.67. The van der Waals surface area contributed by atoms with Crippen LogP contribution in [0.5, 0.6) is 5.75 Å². The van der Waals surface area contributed by atoms with Crippen LogP contribution >= 0.6 is 0 Å². The van der Waals surface area contributed by atoms with E-state index in [2.05, 4.69) is 11.8 Å². The van der Waals surface area contributed by atoms with Gasteiger partial charge in [0.1, 0.15) is 5.75 Å². The summed E-state index contributed by atoms with van der Waals surface area (Å²) < 4.78 is 5.33. The summed E-state index contributed by atoms with van der Waals surface area (Å²) in [4.78, 5) is 0. The first-order valence-corrected chi connectivity index (χ1v) is 5.26. The Balaban J connectivity index is 2.66. The minimum atomic E-state index is -0.0310. The summed E-state index contributed by atoms with van der Waals surface area (Å²) in [5, 5.41) is 0. The van der Waals surface area contributed by atoms with E-state index in [-0.39, 0.29) is 6.04 Å². The second-order valence-electron chi connectivity index (χ2n) is 3.24. The zero-order chi connectivity index (χ0) is 11.1. The van der Waals surface area contributed by atoms with Gasteiger partial charge in [-0.05, 0) is 37.6 Å². The van der Waals surface area contributed by atoms with Gasteiger partial charge < -0.3 is 10.5 Å². The Morgan fingerprint density at radius 2 is 1.93 bits per heavy atom. The molecule has 0 heterocycles. The molecule has 0 aromatic heterocycles. The molecule has 0 aliphatic heterocycles. The molecule has 1 atom stereocenters. The van der Waals surface area contributed by atoms with Crippen LogP contribution in [0, 0.1) is 11.8 Å². The van der Waals surface area contributed by atoms with Crippen molar-refractivity contribution in [1.29, 1.82) is 0 Å². The van der Waals surface area contributed by atoms with Gasteiger partial charge in [-0.25, -0.2) is 0 Å². The molecule has 1 aromatic rings. The number of ether oxygens (including phenoxy) is 1. The number of hydrogen-bond acceptors (Lipinski definition) is 2. The largest absolute Gasteiger partial charge is 0.494 e. The molecule has 2 heteroatoms. The molecule has 1 unspecified atom stereocenters. The molecule has 0 spiro atoms. The molecule has 0 aliphatic carbocycles. The Kier molecular flexibility index (Phi) is 4.73. The van der Waals surface area contributed by atoms with Crippen molar-refractivity contribution in [2.24, 2.45) is 5.73 Å². The second-order valence-corrected chi connectivity index (χ2v) is 3.24. The third-order valence-corrected chi connectivity index (χ3v) is 2.01. The number of hydrogen-bond donors (Lipinski definition) is 1. The Bertz CT molecular complexity index is 345. The quantitative estimate of drug-likeness (QED) is 0.764. The van der Waals surface area contributed by atoms with Crippen LogP contribution in [0.1, 0.15) is 25.8 Å². The molecule has 80 valence electrons. The lowest BCUT2D eigenvalue weighted by atomic mass is 10.2. The van der Waals surface area contributed by atoms with Crippen LogP contribution in [0.25, 0.3) is 0 Å². The molecule has 1 aromatic carbocycles. The number of benzene rings is 1. The molecule has 2 N–H and O–H groups in total. The van der Waals surface area contributed by atoms with Gasteiger partial charge in [-0.1, -0.05) is 18.8 Å². The van der Waals surface area contributed by atoms with Crippen LogP contribution in [0.2, 0.25) is 0 Å². The highest BCUT2D eigenvalue weighted by Crippen LogP contribution is 2.11. The van der Waals surface area contributed by atoms with Gasteiger partial charge in [0, 0.05) is 5.56 Å². The SMILES string of the molecule is CCOc1ccc(C#CC(N)CC)cc1. The van der Waals surface area contributed by atoms with Crippen LogP contribution in [0.3, 0.4) is 0 Å². The molecular formula is C13H17NO. The van der Waals surface area contributed by atoms with E-state index >= 15 is 0 Å². The molecule has 2 nitrogen and oxygen atoms in total. The standard InChI is InChI=1S/C13H17NO/c1-3-12(14)8-5-11-6-9-13(10-7-11)15-4-2/h6-7,9-10,12H,3-4,14H2,1-2H3. The van der Waals surface area contributed by atoms with Gasteiger partial charge in [-0.15, -0.1) is 0 Å². The first-order chi connectivity index (χ1) is 7.26. The van der Waals surface area contributed by atoms with E-state index in [0.29, 0.717) is 6.61 Å². The maximum atomic E-state index is 5.70. The average Bonchev–Trinajstić information content (AvgIpc) is 2.28. The lowest BCUT2D eigenvalue weighted by Gasteiger charge is -2.01. The van der Waals surface area contributed by atoms with Crippen LogP contribution in [-0.2, 0) is 0 Å². The average molecular weight is 203 g/mol. The van der Waals surface area contributed by atoms with Crippen molar-refractivity contribution in [3.05, 3.63) is 29.8 Å². The van der Waals surface area contributed by atoms with Crippen molar-refractivity contribution in [2.45, 2.75) is 26.3 Å². The van der Waals surface area contributed by atoms with Crippen LogP contribution in [-0.4, -0.2) is 12.6 Å². The summed E-state index contributed by atoms with van der Waals surface area (Å²) in [5.74, 6) is 6.90. The van der Waals surface area contributed by atoms with E-state index in [1.807, 2.05) is 38.1 Å².